The van der Waals surface area contributed by atoms with Crippen molar-refractivity contribution in [3.05, 3.63) is 48.0 Å². The Balaban J connectivity index is 0.00000400. The van der Waals surface area contributed by atoms with Crippen molar-refractivity contribution in [2.75, 3.05) is 14.1 Å². The van der Waals surface area contributed by atoms with Crippen molar-refractivity contribution in [2.45, 2.75) is 39.5 Å². The van der Waals surface area contributed by atoms with E-state index >= 15 is 0 Å². The fraction of sp³-hybridized carbons (Fsp3) is 0.471. The average Bonchev–Trinajstić information content (AvgIpc) is 2.38. The number of benzene rings is 1. The molecule has 21 heavy (non-hydrogen) atoms. The summed E-state index contributed by atoms with van der Waals surface area (Å²) in [6.07, 6.45) is 1.67. The molecule has 0 bridgehead atoms. The number of ether oxygens (including phenoxy) is 1. The maximum absolute atomic E-state index is 11.8. The van der Waals surface area contributed by atoms with Crippen molar-refractivity contribution in [2.24, 2.45) is 0 Å². The summed E-state index contributed by atoms with van der Waals surface area (Å²) < 4.78 is 6.24. The zero-order valence-corrected chi connectivity index (χ0v) is 15.0. The first-order valence-electron chi connectivity index (χ1n) is 7.10. The Morgan fingerprint density at radius 2 is 1.86 bits per heavy atom. The predicted molar refractivity (Wildman–Crippen MR) is 81.9 cm³/mol. The summed E-state index contributed by atoms with van der Waals surface area (Å²) in [6, 6.07) is 10.3. The highest BCUT2D eigenvalue weighted by Crippen LogP contribution is 2.19. The minimum Gasteiger partial charge on any atom is -1.00 e. The highest BCUT2D eigenvalue weighted by Gasteiger charge is 2.31. The van der Waals surface area contributed by atoms with Crippen LogP contribution in [0.1, 0.15) is 32.3 Å². The number of rotatable bonds is 7. The van der Waals surface area contributed by atoms with Gasteiger partial charge in [0.05, 0.1) is 14.1 Å². The summed E-state index contributed by atoms with van der Waals surface area (Å²) in [7, 11) is 4.19. The lowest BCUT2D eigenvalue weighted by molar-refractivity contribution is -0.947. The van der Waals surface area contributed by atoms with Gasteiger partial charge in [-0.15, -0.1) is 0 Å². The SMILES string of the molecule is C=C(C)C(=O)OC(CCC)[N+](C)(C)Cc1ccccc1.[Br-]. The van der Waals surface area contributed by atoms with Crippen LogP contribution in [-0.4, -0.2) is 30.8 Å². The van der Waals surface area contributed by atoms with Gasteiger partial charge in [-0.05, 0) is 13.3 Å². The average molecular weight is 356 g/mol. The number of carbonyl (C=O) groups excluding carboxylic acids is 1. The van der Waals surface area contributed by atoms with Crippen LogP contribution in [0.2, 0.25) is 0 Å². The quantitative estimate of drug-likeness (QED) is 0.308. The number of esters is 1. The Kier molecular flexibility index (Phi) is 8.52. The number of hydrogen-bond donors (Lipinski definition) is 0. The van der Waals surface area contributed by atoms with Crippen molar-refractivity contribution in [1.82, 2.24) is 0 Å². The summed E-state index contributed by atoms with van der Waals surface area (Å²) in [6.45, 7) is 8.27. The monoisotopic (exact) mass is 355 g/mol. The molecule has 118 valence electrons. The van der Waals surface area contributed by atoms with Crippen LogP contribution in [-0.2, 0) is 16.1 Å². The standard InChI is InChI=1S/C17H26NO2.BrH/c1-6-10-16(20-17(19)14(2)3)18(4,5)13-15-11-8-7-9-12-15;/h7-9,11-12,16H,2,6,10,13H2,1,3-5H3;1H/q+1;/p-1. The minimum absolute atomic E-state index is 0. The Hall–Kier alpha value is -1.13. The molecule has 0 radical (unpaired) electrons. The van der Waals surface area contributed by atoms with Crippen molar-refractivity contribution in [3.8, 4) is 0 Å². The van der Waals surface area contributed by atoms with Gasteiger partial charge in [0.2, 0.25) is 6.23 Å². The molecule has 0 fully saturated rings. The Labute approximate surface area is 139 Å². The smallest absolute Gasteiger partial charge is 0.337 e. The molecule has 3 nitrogen and oxygen atoms in total. The van der Waals surface area contributed by atoms with E-state index in [-0.39, 0.29) is 29.2 Å². The third-order valence-electron chi connectivity index (χ3n) is 3.34. The molecular formula is C17H26BrNO2. The van der Waals surface area contributed by atoms with Gasteiger partial charge in [-0.2, -0.15) is 0 Å². The molecule has 1 aromatic rings. The van der Waals surface area contributed by atoms with Crippen LogP contribution in [0, 0.1) is 0 Å². The fourth-order valence-electron chi connectivity index (χ4n) is 2.18. The van der Waals surface area contributed by atoms with Gasteiger partial charge >= 0.3 is 5.97 Å². The van der Waals surface area contributed by atoms with Crippen molar-refractivity contribution in [1.29, 1.82) is 0 Å². The van der Waals surface area contributed by atoms with Crippen LogP contribution in [0.25, 0.3) is 0 Å². The highest BCUT2D eigenvalue weighted by molar-refractivity contribution is 5.86. The first kappa shape index (κ1) is 19.9. The summed E-state index contributed by atoms with van der Waals surface area (Å²) in [5.74, 6) is -0.303. The molecule has 0 aliphatic heterocycles. The Morgan fingerprint density at radius 1 is 1.29 bits per heavy atom. The number of quaternary nitrogens is 1. The second kappa shape index (κ2) is 9.00. The summed E-state index contributed by atoms with van der Waals surface area (Å²) in [5.41, 5.74) is 1.69. The van der Waals surface area contributed by atoms with Crippen LogP contribution in [0.15, 0.2) is 42.5 Å². The molecule has 1 rings (SSSR count). The van der Waals surface area contributed by atoms with E-state index in [2.05, 4.69) is 39.7 Å². The highest BCUT2D eigenvalue weighted by atomic mass is 79.9. The van der Waals surface area contributed by atoms with Crippen LogP contribution in [0.5, 0.6) is 0 Å². The van der Waals surface area contributed by atoms with Crippen molar-refractivity contribution < 1.29 is 31.0 Å². The minimum atomic E-state index is -0.303. The van der Waals surface area contributed by atoms with Crippen LogP contribution >= 0.6 is 0 Å². The zero-order valence-electron chi connectivity index (χ0n) is 13.4. The van der Waals surface area contributed by atoms with Crippen molar-refractivity contribution >= 4 is 5.97 Å². The van der Waals surface area contributed by atoms with Crippen molar-refractivity contribution in [3.63, 3.8) is 0 Å². The van der Waals surface area contributed by atoms with Gasteiger partial charge in [-0.3, -0.25) is 4.48 Å². The second-order valence-electron chi connectivity index (χ2n) is 5.85. The van der Waals surface area contributed by atoms with Gasteiger partial charge in [0.25, 0.3) is 0 Å². The Morgan fingerprint density at radius 3 is 2.33 bits per heavy atom. The van der Waals surface area contributed by atoms with E-state index in [0.29, 0.717) is 10.1 Å². The van der Waals surface area contributed by atoms with Gasteiger partial charge < -0.3 is 21.7 Å². The maximum Gasteiger partial charge on any atom is 0.337 e. The largest absolute Gasteiger partial charge is 1.00 e. The molecule has 0 aliphatic carbocycles. The van der Waals surface area contributed by atoms with E-state index in [0.717, 1.165) is 19.4 Å². The zero-order chi connectivity index (χ0) is 15.2. The molecule has 0 spiro atoms. The molecule has 0 amide bonds. The summed E-state index contributed by atoms with van der Waals surface area (Å²) in [4.78, 5) is 11.8. The van der Waals surface area contributed by atoms with Gasteiger partial charge in [0.15, 0.2) is 0 Å². The third kappa shape index (κ3) is 6.44. The van der Waals surface area contributed by atoms with Gasteiger partial charge in [-0.1, -0.05) is 43.8 Å². The molecule has 1 atom stereocenters. The number of halogens is 1. The first-order valence-corrected chi connectivity index (χ1v) is 7.10. The lowest BCUT2D eigenvalue weighted by Crippen LogP contribution is -3.00. The second-order valence-corrected chi connectivity index (χ2v) is 5.85. The Bertz CT molecular complexity index is 457. The molecule has 4 heteroatoms. The molecule has 1 unspecified atom stereocenters. The summed E-state index contributed by atoms with van der Waals surface area (Å²) in [5, 5.41) is 0. The number of hydrogen-bond acceptors (Lipinski definition) is 2. The molecule has 0 aromatic heterocycles. The maximum atomic E-state index is 11.8. The fourth-order valence-corrected chi connectivity index (χ4v) is 2.18. The molecule has 0 N–H and O–H groups in total. The predicted octanol–water partition coefficient (Wildman–Crippen LogP) is 0.513. The van der Waals surface area contributed by atoms with E-state index in [1.807, 2.05) is 18.2 Å². The number of nitrogens with zero attached hydrogens (tertiary/aromatic N) is 1. The molecular weight excluding hydrogens is 330 g/mol. The van der Waals surface area contributed by atoms with Gasteiger partial charge in [0, 0.05) is 17.6 Å². The molecule has 0 saturated carbocycles. The lowest BCUT2D eigenvalue weighted by atomic mass is 10.1. The van der Waals surface area contributed by atoms with E-state index in [4.69, 9.17) is 4.74 Å². The topological polar surface area (TPSA) is 26.3 Å². The van der Waals surface area contributed by atoms with E-state index in [1.54, 1.807) is 6.92 Å². The van der Waals surface area contributed by atoms with E-state index < -0.39 is 0 Å². The van der Waals surface area contributed by atoms with E-state index in [9.17, 15) is 4.79 Å². The van der Waals surface area contributed by atoms with E-state index in [1.165, 1.54) is 5.56 Å². The van der Waals surface area contributed by atoms with Crippen LogP contribution in [0.4, 0.5) is 0 Å². The normalized spacial score (nSPS) is 12.2. The molecule has 0 heterocycles. The number of carbonyl (C=O) groups is 1. The molecule has 1 aromatic carbocycles. The van der Waals surface area contributed by atoms with Crippen LogP contribution in [0.3, 0.4) is 0 Å². The molecule has 0 aliphatic rings. The third-order valence-corrected chi connectivity index (χ3v) is 3.34. The van der Waals surface area contributed by atoms with Gasteiger partial charge in [-0.25, -0.2) is 4.79 Å². The molecule has 0 saturated heterocycles. The lowest BCUT2D eigenvalue weighted by Gasteiger charge is -2.37. The van der Waals surface area contributed by atoms with Gasteiger partial charge in [0.1, 0.15) is 6.54 Å². The summed E-state index contributed by atoms with van der Waals surface area (Å²) >= 11 is 0. The van der Waals surface area contributed by atoms with Crippen LogP contribution < -0.4 is 17.0 Å². The first-order chi connectivity index (χ1) is 9.36.